The van der Waals surface area contributed by atoms with Crippen molar-refractivity contribution in [3.05, 3.63) is 58.9 Å². The smallest absolute Gasteiger partial charge is 0.191 e. The first-order valence-corrected chi connectivity index (χ1v) is 10.3. The van der Waals surface area contributed by atoms with Crippen LogP contribution in [0.1, 0.15) is 0 Å². The molecule has 0 unspecified atom stereocenters. The normalized spacial score (nSPS) is 14.0. The Balaban J connectivity index is 1.47. The van der Waals surface area contributed by atoms with Gasteiger partial charge in [-0.1, -0.05) is 11.3 Å². The van der Waals surface area contributed by atoms with Crippen molar-refractivity contribution in [1.82, 2.24) is 20.0 Å². The number of H-pyrrole nitrogens is 1. The Bertz CT molecular complexity index is 1320. The Morgan fingerprint density at radius 2 is 1.81 bits per heavy atom. The van der Waals surface area contributed by atoms with Gasteiger partial charge in [0.1, 0.15) is 11.5 Å². The number of methoxy groups -OCH3 is 2. The summed E-state index contributed by atoms with van der Waals surface area (Å²) in [6.45, 7) is 2.85. The second-order valence-electron chi connectivity index (χ2n) is 7.47. The summed E-state index contributed by atoms with van der Waals surface area (Å²) in [7, 11) is 3.18. The Kier molecular flexibility index (Phi) is 5.24. The summed E-state index contributed by atoms with van der Waals surface area (Å²) in [5.74, 6) is 2.06. The van der Waals surface area contributed by atoms with E-state index < -0.39 is 0 Å². The quantitative estimate of drug-likeness (QED) is 0.517. The first kappa shape index (κ1) is 20.1. The van der Waals surface area contributed by atoms with Crippen molar-refractivity contribution >= 4 is 16.7 Å². The van der Waals surface area contributed by atoms with E-state index in [0.717, 1.165) is 35.7 Å². The van der Waals surface area contributed by atoms with Gasteiger partial charge in [-0.2, -0.15) is 0 Å². The number of nitrogens with one attached hydrogen (secondary N) is 1. The second kappa shape index (κ2) is 8.35. The Morgan fingerprint density at radius 3 is 2.59 bits per heavy atom. The third-order valence-electron chi connectivity index (χ3n) is 5.59. The van der Waals surface area contributed by atoms with E-state index in [4.69, 9.17) is 14.2 Å². The highest BCUT2D eigenvalue weighted by Crippen LogP contribution is 2.29. The highest BCUT2D eigenvalue weighted by atomic mass is 16.5. The van der Waals surface area contributed by atoms with Crippen LogP contribution in [0.4, 0.5) is 5.82 Å². The van der Waals surface area contributed by atoms with Crippen LogP contribution in [0.15, 0.2) is 53.5 Å². The SMILES string of the molecule is COc1ccc(-n2cc(-c3ccc4[nH]c(N5CCOCC5)cc(=O)c4c3)nn2)cc1OC. The van der Waals surface area contributed by atoms with E-state index in [-0.39, 0.29) is 5.43 Å². The fourth-order valence-electron chi connectivity index (χ4n) is 3.86. The van der Waals surface area contributed by atoms with Gasteiger partial charge in [-0.05, 0) is 24.3 Å². The summed E-state index contributed by atoms with van der Waals surface area (Å²) in [4.78, 5) is 18.3. The lowest BCUT2D eigenvalue weighted by molar-refractivity contribution is 0.122. The van der Waals surface area contributed by atoms with Gasteiger partial charge >= 0.3 is 0 Å². The number of rotatable bonds is 5. The summed E-state index contributed by atoms with van der Waals surface area (Å²) in [5, 5.41) is 9.14. The number of morpholine rings is 1. The number of pyridine rings is 1. The molecule has 9 nitrogen and oxygen atoms in total. The van der Waals surface area contributed by atoms with E-state index in [1.165, 1.54) is 0 Å². The third kappa shape index (κ3) is 3.67. The lowest BCUT2D eigenvalue weighted by atomic mass is 10.1. The van der Waals surface area contributed by atoms with Crippen LogP contribution < -0.4 is 19.8 Å². The monoisotopic (exact) mass is 433 g/mol. The number of aromatic amines is 1. The zero-order valence-corrected chi connectivity index (χ0v) is 17.9. The number of hydrogen-bond donors (Lipinski definition) is 1. The molecule has 0 spiro atoms. The molecular formula is C23H23N5O4. The van der Waals surface area contributed by atoms with E-state index in [1.54, 1.807) is 25.0 Å². The van der Waals surface area contributed by atoms with Gasteiger partial charge in [-0.3, -0.25) is 4.79 Å². The molecule has 0 bridgehead atoms. The lowest BCUT2D eigenvalue weighted by Gasteiger charge is -2.28. The maximum Gasteiger partial charge on any atom is 0.191 e. The van der Waals surface area contributed by atoms with E-state index >= 15 is 0 Å². The summed E-state index contributed by atoms with van der Waals surface area (Å²) >= 11 is 0. The van der Waals surface area contributed by atoms with Gasteiger partial charge in [0.15, 0.2) is 16.9 Å². The molecule has 1 saturated heterocycles. The molecule has 3 heterocycles. The first-order valence-electron chi connectivity index (χ1n) is 10.3. The number of hydrogen-bond acceptors (Lipinski definition) is 7. The van der Waals surface area contributed by atoms with Crippen LogP contribution in [0, 0.1) is 0 Å². The molecule has 1 aliphatic heterocycles. The zero-order valence-electron chi connectivity index (χ0n) is 17.9. The Morgan fingerprint density at radius 1 is 1.00 bits per heavy atom. The minimum absolute atomic E-state index is 0.0330. The number of anilines is 1. The number of ether oxygens (including phenoxy) is 3. The van der Waals surface area contributed by atoms with Crippen molar-refractivity contribution in [2.45, 2.75) is 0 Å². The topological polar surface area (TPSA) is 94.5 Å². The molecule has 0 saturated carbocycles. The number of benzene rings is 2. The molecule has 0 aliphatic carbocycles. The molecule has 0 atom stereocenters. The number of fused-ring (bicyclic) bond motifs is 1. The van der Waals surface area contributed by atoms with Gasteiger partial charge in [-0.15, -0.1) is 5.10 Å². The Labute approximate surface area is 184 Å². The highest BCUT2D eigenvalue weighted by molar-refractivity contribution is 5.85. The van der Waals surface area contributed by atoms with Gasteiger partial charge in [-0.25, -0.2) is 4.68 Å². The third-order valence-corrected chi connectivity index (χ3v) is 5.59. The summed E-state index contributed by atoms with van der Waals surface area (Å²) in [6.07, 6.45) is 1.82. The fourth-order valence-corrected chi connectivity index (χ4v) is 3.86. The number of nitrogens with zero attached hydrogens (tertiary/aromatic N) is 4. The van der Waals surface area contributed by atoms with Crippen LogP contribution in [-0.4, -0.2) is 60.5 Å². The largest absolute Gasteiger partial charge is 0.493 e. The molecule has 9 heteroatoms. The van der Waals surface area contributed by atoms with E-state index in [9.17, 15) is 4.79 Å². The standard InChI is InChI=1S/C23H23N5O4/c1-30-21-6-4-16(12-22(21)31-2)28-14-19(25-26-28)15-3-5-18-17(11-15)20(29)13-23(24-18)27-7-9-32-10-8-27/h3-6,11-14H,7-10H2,1-2H3,(H,24,29). The van der Waals surface area contributed by atoms with Crippen LogP contribution in [0.5, 0.6) is 11.5 Å². The minimum atomic E-state index is -0.0330. The van der Waals surface area contributed by atoms with Gasteiger partial charge in [0.25, 0.3) is 0 Å². The molecule has 2 aromatic carbocycles. The molecule has 5 rings (SSSR count). The molecule has 32 heavy (non-hydrogen) atoms. The van der Waals surface area contributed by atoms with Crippen molar-refractivity contribution in [1.29, 1.82) is 0 Å². The first-order chi connectivity index (χ1) is 15.7. The summed E-state index contributed by atoms with van der Waals surface area (Å²) in [5.41, 5.74) is 3.02. The van der Waals surface area contributed by atoms with Gasteiger partial charge in [0.05, 0.1) is 44.8 Å². The van der Waals surface area contributed by atoms with E-state index in [1.807, 2.05) is 42.6 Å². The second-order valence-corrected chi connectivity index (χ2v) is 7.47. The molecule has 0 amide bonds. The van der Waals surface area contributed by atoms with Gasteiger partial charge in [0.2, 0.25) is 0 Å². The van der Waals surface area contributed by atoms with E-state index in [0.29, 0.717) is 35.8 Å². The highest BCUT2D eigenvalue weighted by Gasteiger charge is 2.15. The number of aromatic nitrogens is 4. The maximum absolute atomic E-state index is 12.8. The van der Waals surface area contributed by atoms with Crippen LogP contribution in [0.2, 0.25) is 0 Å². The molecule has 1 N–H and O–H groups in total. The lowest BCUT2D eigenvalue weighted by Crippen LogP contribution is -2.37. The predicted molar refractivity (Wildman–Crippen MR) is 121 cm³/mol. The fraction of sp³-hybridized carbons (Fsp3) is 0.261. The molecule has 2 aromatic heterocycles. The van der Waals surface area contributed by atoms with E-state index in [2.05, 4.69) is 20.2 Å². The average Bonchev–Trinajstić information content (AvgIpc) is 3.34. The molecular weight excluding hydrogens is 410 g/mol. The van der Waals surface area contributed by atoms with Crippen molar-refractivity contribution in [2.75, 3.05) is 45.4 Å². The summed E-state index contributed by atoms with van der Waals surface area (Å²) in [6, 6.07) is 12.9. The average molecular weight is 433 g/mol. The van der Waals surface area contributed by atoms with Gasteiger partial charge in [0, 0.05) is 36.2 Å². The maximum atomic E-state index is 12.8. The molecule has 1 fully saturated rings. The van der Waals surface area contributed by atoms with Gasteiger partial charge < -0.3 is 24.1 Å². The summed E-state index contributed by atoms with van der Waals surface area (Å²) < 4.78 is 17.7. The van der Waals surface area contributed by atoms with Crippen LogP contribution in [0.3, 0.4) is 0 Å². The van der Waals surface area contributed by atoms with Crippen LogP contribution in [-0.2, 0) is 4.74 Å². The predicted octanol–water partition coefficient (Wildman–Crippen LogP) is 2.63. The molecule has 0 radical (unpaired) electrons. The van der Waals surface area contributed by atoms with Crippen LogP contribution >= 0.6 is 0 Å². The van der Waals surface area contributed by atoms with Crippen molar-refractivity contribution in [3.8, 4) is 28.4 Å². The van der Waals surface area contributed by atoms with Crippen molar-refractivity contribution in [2.24, 2.45) is 0 Å². The zero-order chi connectivity index (χ0) is 22.1. The van der Waals surface area contributed by atoms with Crippen LogP contribution in [0.25, 0.3) is 27.8 Å². The van der Waals surface area contributed by atoms with Crippen molar-refractivity contribution in [3.63, 3.8) is 0 Å². The molecule has 164 valence electrons. The molecule has 4 aromatic rings. The van der Waals surface area contributed by atoms with Crippen molar-refractivity contribution < 1.29 is 14.2 Å². The Hall–Kier alpha value is -3.85. The minimum Gasteiger partial charge on any atom is -0.493 e. The molecule has 1 aliphatic rings.